The molecule has 7 heteroatoms. The average Bonchev–Trinajstić information content (AvgIpc) is 2.71. The van der Waals surface area contributed by atoms with Crippen molar-refractivity contribution in [1.82, 2.24) is 0 Å². The quantitative estimate of drug-likeness (QED) is 0.413. The van der Waals surface area contributed by atoms with Crippen LogP contribution in [0.4, 0.5) is 11.4 Å². The molecule has 0 spiro atoms. The van der Waals surface area contributed by atoms with Gasteiger partial charge in [0.1, 0.15) is 0 Å². The van der Waals surface area contributed by atoms with E-state index in [4.69, 9.17) is 28.6 Å². The van der Waals surface area contributed by atoms with Crippen LogP contribution < -0.4 is 10.6 Å². The Labute approximate surface area is 184 Å². The highest BCUT2D eigenvalue weighted by Crippen LogP contribution is 2.27. The van der Waals surface area contributed by atoms with E-state index >= 15 is 0 Å². The first-order valence-corrected chi connectivity index (χ1v) is 9.84. The van der Waals surface area contributed by atoms with Crippen molar-refractivity contribution in [2.24, 2.45) is 0 Å². The van der Waals surface area contributed by atoms with E-state index < -0.39 is 5.91 Å². The van der Waals surface area contributed by atoms with Crippen LogP contribution in [0.5, 0.6) is 0 Å². The fourth-order valence-corrected chi connectivity index (χ4v) is 3.28. The Hall–Kier alpha value is -3.15. The van der Waals surface area contributed by atoms with Gasteiger partial charge < -0.3 is 16.0 Å². The normalized spacial score (nSPS) is 10.4. The van der Waals surface area contributed by atoms with Gasteiger partial charge in [-0.15, -0.1) is 0 Å². The summed E-state index contributed by atoms with van der Waals surface area (Å²) >= 11 is 12.0. The maximum atomic E-state index is 12.9. The number of anilines is 2. The highest BCUT2D eigenvalue weighted by Gasteiger charge is 2.18. The Morgan fingerprint density at radius 2 is 1.40 bits per heavy atom. The molecule has 30 heavy (non-hydrogen) atoms. The summed E-state index contributed by atoms with van der Waals surface area (Å²) in [5, 5.41) is 14.2. The molecule has 2 amide bonds. The molecular weight excluding hydrogens is 421 g/mol. The van der Waals surface area contributed by atoms with Crippen molar-refractivity contribution in [2.45, 2.75) is 13.8 Å². The van der Waals surface area contributed by atoms with E-state index in [-0.39, 0.29) is 11.5 Å². The molecule has 0 saturated heterocycles. The Bertz CT molecular complexity index is 1120. The minimum absolute atomic E-state index is 0.246. The summed E-state index contributed by atoms with van der Waals surface area (Å²) < 4.78 is 0. The summed E-state index contributed by atoms with van der Waals surface area (Å²) in [7, 11) is 0. The first-order chi connectivity index (χ1) is 14.2. The van der Waals surface area contributed by atoms with Crippen LogP contribution >= 0.6 is 23.2 Å². The summed E-state index contributed by atoms with van der Waals surface area (Å²) in [4.78, 5) is 25.6. The summed E-state index contributed by atoms with van der Waals surface area (Å²) in [6.45, 7) is 3.44. The second-order valence-corrected chi connectivity index (χ2v) is 7.64. The first kappa shape index (κ1) is 21.6. The molecule has 0 radical (unpaired) electrons. The van der Waals surface area contributed by atoms with Crippen molar-refractivity contribution in [1.29, 1.82) is 5.41 Å². The fourth-order valence-electron chi connectivity index (χ4n) is 2.88. The number of halogens is 2. The van der Waals surface area contributed by atoms with Gasteiger partial charge in [-0.05, 0) is 73.5 Å². The molecule has 3 rings (SSSR count). The molecule has 152 valence electrons. The number of amides is 2. The zero-order valence-corrected chi connectivity index (χ0v) is 17.9. The molecule has 3 N–H and O–H groups in total. The van der Waals surface area contributed by atoms with E-state index in [1.54, 1.807) is 68.4 Å². The number of benzene rings is 3. The van der Waals surface area contributed by atoms with E-state index in [2.05, 4.69) is 10.6 Å². The van der Waals surface area contributed by atoms with Crippen LogP contribution in [0, 0.1) is 12.3 Å². The Balaban J connectivity index is 1.88. The van der Waals surface area contributed by atoms with E-state index in [0.29, 0.717) is 38.3 Å². The van der Waals surface area contributed by atoms with Crippen molar-refractivity contribution in [3.8, 4) is 0 Å². The van der Waals surface area contributed by atoms with Crippen molar-refractivity contribution in [2.75, 3.05) is 10.6 Å². The second kappa shape index (κ2) is 9.11. The maximum Gasteiger partial charge on any atom is 0.257 e. The maximum absolute atomic E-state index is 12.9. The van der Waals surface area contributed by atoms with Crippen LogP contribution in [0.2, 0.25) is 10.0 Å². The number of rotatable bonds is 5. The monoisotopic (exact) mass is 439 g/mol. The molecule has 0 unspecified atom stereocenters. The summed E-state index contributed by atoms with van der Waals surface area (Å²) in [6.07, 6.45) is 0. The Morgan fingerprint density at radius 3 is 2.00 bits per heavy atom. The average molecular weight is 440 g/mol. The molecule has 3 aromatic rings. The number of carbonyl (C=O) groups excluding carboxylic acids is 2. The number of hydrogen-bond acceptors (Lipinski definition) is 3. The topological polar surface area (TPSA) is 82.1 Å². The summed E-state index contributed by atoms with van der Waals surface area (Å²) in [6, 6.07) is 16.6. The van der Waals surface area contributed by atoms with Gasteiger partial charge in [0.05, 0.1) is 11.3 Å². The van der Waals surface area contributed by atoms with Crippen LogP contribution in [-0.4, -0.2) is 17.5 Å². The molecule has 0 aliphatic heterocycles. The van der Waals surface area contributed by atoms with Crippen LogP contribution in [0.25, 0.3) is 0 Å². The lowest BCUT2D eigenvalue weighted by Crippen LogP contribution is -2.19. The van der Waals surface area contributed by atoms with Crippen LogP contribution in [0.3, 0.4) is 0 Å². The summed E-state index contributed by atoms with van der Waals surface area (Å²) in [5.41, 5.74) is 3.41. The largest absolute Gasteiger partial charge is 0.322 e. The van der Waals surface area contributed by atoms with Gasteiger partial charge >= 0.3 is 0 Å². The molecule has 3 aromatic carbocycles. The number of carbonyl (C=O) groups is 2. The van der Waals surface area contributed by atoms with E-state index in [9.17, 15) is 9.59 Å². The first-order valence-electron chi connectivity index (χ1n) is 9.08. The molecule has 0 aliphatic rings. The summed E-state index contributed by atoms with van der Waals surface area (Å²) in [5.74, 6) is -0.775. The molecule has 0 bridgehead atoms. The van der Waals surface area contributed by atoms with Crippen molar-refractivity contribution >= 4 is 52.1 Å². The van der Waals surface area contributed by atoms with Gasteiger partial charge in [-0.3, -0.25) is 9.59 Å². The van der Waals surface area contributed by atoms with Gasteiger partial charge in [-0.1, -0.05) is 35.3 Å². The number of aryl methyl sites for hydroxylation is 1. The molecule has 0 aromatic heterocycles. The van der Waals surface area contributed by atoms with Crippen molar-refractivity contribution in [3.63, 3.8) is 0 Å². The standard InChI is InChI=1S/C23H19Cl2N3O2/c1-13-11-18(25)12-20(23(30)27-19-9-7-17(24)8-10-19)21(13)28-22(29)16-5-3-15(4-6-16)14(2)26/h3-12,26H,1-2H3,(H,27,30)(H,28,29). The lowest BCUT2D eigenvalue weighted by Gasteiger charge is -2.15. The van der Waals surface area contributed by atoms with Crippen molar-refractivity contribution in [3.05, 3.63) is 93.0 Å². The van der Waals surface area contributed by atoms with E-state index in [1.165, 1.54) is 6.07 Å². The zero-order valence-electron chi connectivity index (χ0n) is 16.3. The van der Waals surface area contributed by atoms with Gasteiger partial charge in [0.25, 0.3) is 11.8 Å². The molecule has 0 saturated carbocycles. The highest BCUT2D eigenvalue weighted by atomic mass is 35.5. The van der Waals surface area contributed by atoms with Crippen LogP contribution in [-0.2, 0) is 0 Å². The van der Waals surface area contributed by atoms with E-state index in [0.717, 1.165) is 5.56 Å². The second-order valence-electron chi connectivity index (χ2n) is 6.76. The molecule has 0 atom stereocenters. The predicted molar refractivity (Wildman–Crippen MR) is 122 cm³/mol. The molecule has 0 heterocycles. The van der Waals surface area contributed by atoms with Gasteiger partial charge in [0.2, 0.25) is 0 Å². The smallest absolute Gasteiger partial charge is 0.257 e. The predicted octanol–water partition coefficient (Wildman–Crippen LogP) is 6.19. The third-order valence-corrected chi connectivity index (χ3v) is 4.94. The zero-order chi connectivity index (χ0) is 21.8. The third kappa shape index (κ3) is 5.06. The Morgan fingerprint density at radius 1 is 0.800 bits per heavy atom. The molecule has 0 aliphatic carbocycles. The van der Waals surface area contributed by atoms with Crippen LogP contribution in [0.15, 0.2) is 60.7 Å². The SMILES string of the molecule is CC(=N)c1ccc(C(=O)Nc2c(C)cc(Cl)cc2C(=O)Nc2ccc(Cl)cc2)cc1. The number of hydrogen-bond donors (Lipinski definition) is 3. The lowest BCUT2D eigenvalue weighted by molar-refractivity contribution is 0.102. The number of nitrogens with one attached hydrogen (secondary N) is 3. The highest BCUT2D eigenvalue weighted by molar-refractivity contribution is 6.31. The molecular formula is C23H19Cl2N3O2. The van der Waals surface area contributed by atoms with E-state index in [1.807, 2.05) is 0 Å². The lowest BCUT2D eigenvalue weighted by atomic mass is 10.1. The minimum Gasteiger partial charge on any atom is -0.322 e. The molecule has 5 nitrogen and oxygen atoms in total. The van der Waals surface area contributed by atoms with Gasteiger partial charge in [-0.2, -0.15) is 0 Å². The molecule has 0 fully saturated rings. The van der Waals surface area contributed by atoms with Gasteiger partial charge in [-0.25, -0.2) is 0 Å². The Kier molecular flexibility index (Phi) is 6.55. The fraction of sp³-hybridized carbons (Fsp3) is 0.0870. The van der Waals surface area contributed by atoms with Gasteiger partial charge in [0.15, 0.2) is 0 Å². The minimum atomic E-state index is -0.409. The van der Waals surface area contributed by atoms with Gasteiger partial charge in [0, 0.05) is 27.0 Å². The van der Waals surface area contributed by atoms with Crippen molar-refractivity contribution < 1.29 is 9.59 Å². The van der Waals surface area contributed by atoms with Crippen LogP contribution in [0.1, 0.15) is 38.8 Å². The third-order valence-electron chi connectivity index (χ3n) is 4.47.